The zero-order valence-electron chi connectivity index (χ0n) is 15.6. The van der Waals surface area contributed by atoms with Crippen LogP contribution in [-0.2, 0) is 13.2 Å². The maximum Gasteiger partial charge on any atom is 0.391 e. The van der Waals surface area contributed by atoms with Crippen molar-refractivity contribution in [2.45, 2.75) is 32.2 Å². The first kappa shape index (κ1) is 21.2. The predicted octanol–water partition coefficient (Wildman–Crippen LogP) is 5.65. The fraction of sp³-hybridized carbons (Fsp3) is 0.429. The molecule has 1 heterocycles. The molecule has 7 heteroatoms. The molecule has 1 aliphatic rings. The number of ether oxygens (including phenoxy) is 2. The van der Waals surface area contributed by atoms with Gasteiger partial charge in [0.1, 0.15) is 6.61 Å². The van der Waals surface area contributed by atoms with E-state index in [1.807, 2.05) is 42.5 Å². The minimum absolute atomic E-state index is 0.163. The zero-order valence-corrected chi connectivity index (χ0v) is 17.8. The van der Waals surface area contributed by atoms with Crippen molar-refractivity contribution in [2.75, 3.05) is 20.2 Å². The molecule has 0 radical (unpaired) electrons. The number of hydrogen-bond acceptors (Lipinski definition) is 3. The number of likely N-dealkylation sites (tertiary alicyclic amines) is 1. The molecule has 0 spiro atoms. The molecule has 3 nitrogen and oxygen atoms in total. The van der Waals surface area contributed by atoms with Crippen LogP contribution in [0.25, 0.3) is 0 Å². The van der Waals surface area contributed by atoms with E-state index in [0.29, 0.717) is 37.7 Å². The number of halogens is 4. The van der Waals surface area contributed by atoms with E-state index >= 15 is 0 Å². The van der Waals surface area contributed by atoms with Crippen LogP contribution < -0.4 is 9.47 Å². The molecule has 2 aromatic rings. The molecule has 0 bridgehead atoms. The lowest BCUT2D eigenvalue weighted by atomic mass is 9.96. The average Bonchev–Trinajstić information content (AvgIpc) is 2.67. The van der Waals surface area contributed by atoms with Gasteiger partial charge in [0.25, 0.3) is 0 Å². The van der Waals surface area contributed by atoms with Crippen LogP contribution in [0.15, 0.2) is 42.5 Å². The summed E-state index contributed by atoms with van der Waals surface area (Å²) < 4.78 is 50.9. The Labute approximate surface area is 177 Å². The molecular formula is C21H23F3INO2. The first-order chi connectivity index (χ1) is 13.4. The van der Waals surface area contributed by atoms with Crippen LogP contribution in [0.5, 0.6) is 11.5 Å². The zero-order chi connectivity index (χ0) is 20.1. The van der Waals surface area contributed by atoms with Crippen LogP contribution >= 0.6 is 22.6 Å². The molecule has 0 amide bonds. The summed E-state index contributed by atoms with van der Waals surface area (Å²) in [5.41, 5.74) is 2.08. The van der Waals surface area contributed by atoms with Crippen molar-refractivity contribution >= 4 is 22.6 Å². The van der Waals surface area contributed by atoms with Gasteiger partial charge in [0, 0.05) is 6.54 Å². The third kappa shape index (κ3) is 5.53. The van der Waals surface area contributed by atoms with Crippen molar-refractivity contribution in [1.82, 2.24) is 4.90 Å². The second-order valence-corrected chi connectivity index (χ2v) is 8.14. The van der Waals surface area contributed by atoms with E-state index in [9.17, 15) is 13.2 Å². The molecular weight excluding hydrogens is 482 g/mol. The van der Waals surface area contributed by atoms with Gasteiger partial charge < -0.3 is 9.47 Å². The predicted molar refractivity (Wildman–Crippen MR) is 111 cm³/mol. The number of alkyl halides is 3. The molecule has 152 valence electrons. The van der Waals surface area contributed by atoms with Gasteiger partial charge in [-0.05, 0) is 71.8 Å². The highest BCUT2D eigenvalue weighted by molar-refractivity contribution is 14.1. The highest BCUT2D eigenvalue weighted by Crippen LogP contribution is 2.37. The monoisotopic (exact) mass is 505 g/mol. The topological polar surface area (TPSA) is 21.7 Å². The van der Waals surface area contributed by atoms with Crippen LogP contribution in [0.4, 0.5) is 13.2 Å². The maximum atomic E-state index is 12.8. The van der Waals surface area contributed by atoms with E-state index in [1.165, 1.54) is 0 Å². The highest BCUT2D eigenvalue weighted by atomic mass is 127. The number of piperidine rings is 1. The molecule has 0 atom stereocenters. The summed E-state index contributed by atoms with van der Waals surface area (Å²) in [6.45, 7) is 1.96. The van der Waals surface area contributed by atoms with Crippen LogP contribution in [0.1, 0.15) is 24.0 Å². The normalized spacial score (nSPS) is 16.2. The Bertz CT molecular complexity index is 775. The fourth-order valence-corrected chi connectivity index (χ4v) is 4.23. The van der Waals surface area contributed by atoms with Gasteiger partial charge in [-0.2, -0.15) is 13.2 Å². The van der Waals surface area contributed by atoms with Gasteiger partial charge in [-0.25, -0.2) is 0 Å². The lowest BCUT2D eigenvalue weighted by Gasteiger charge is -2.33. The van der Waals surface area contributed by atoms with Crippen LogP contribution in [0.2, 0.25) is 0 Å². The summed E-state index contributed by atoms with van der Waals surface area (Å²) in [5, 5.41) is 0. The van der Waals surface area contributed by atoms with Gasteiger partial charge >= 0.3 is 6.18 Å². The van der Waals surface area contributed by atoms with Gasteiger partial charge in [0.2, 0.25) is 0 Å². The third-order valence-corrected chi connectivity index (χ3v) is 5.77. The van der Waals surface area contributed by atoms with Crippen molar-refractivity contribution in [2.24, 2.45) is 5.92 Å². The number of methoxy groups -OCH3 is 1. The second kappa shape index (κ2) is 9.35. The second-order valence-electron chi connectivity index (χ2n) is 6.98. The molecule has 3 rings (SSSR count). The smallest absolute Gasteiger partial charge is 0.391 e. The van der Waals surface area contributed by atoms with E-state index in [0.717, 1.165) is 14.7 Å². The molecule has 0 aliphatic carbocycles. The van der Waals surface area contributed by atoms with Gasteiger partial charge in [-0.3, -0.25) is 4.90 Å². The van der Waals surface area contributed by atoms with E-state index in [1.54, 1.807) is 7.11 Å². The van der Waals surface area contributed by atoms with Crippen LogP contribution in [-0.4, -0.2) is 31.3 Å². The summed E-state index contributed by atoms with van der Waals surface area (Å²) >= 11 is 2.21. The summed E-state index contributed by atoms with van der Waals surface area (Å²) in [7, 11) is 1.60. The largest absolute Gasteiger partial charge is 0.493 e. The quantitative estimate of drug-likeness (QED) is 0.474. The number of rotatable bonds is 6. The lowest BCUT2D eigenvalue weighted by Crippen LogP contribution is -2.38. The molecule has 0 unspecified atom stereocenters. The molecule has 28 heavy (non-hydrogen) atoms. The van der Waals surface area contributed by atoms with E-state index in [-0.39, 0.29) is 12.8 Å². The van der Waals surface area contributed by atoms with Crippen LogP contribution in [0, 0.1) is 9.49 Å². The minimum atomic E-state index is -4.08. The van der Waals surface area contributed by atoms with E-state index < -0.39 is 12.1 Å². The fourth-order valence-electron chi connectivity index (χ4n) is 3.41. The van der Waals surface area contributed by atoms with Crippen LogP contribution in [0.3, 0.4) is 0 Å². The lowest BCUT2D eigenvalue weighted by molar-refractivity contribution is -0.185. The number of hydrogen-bond donors (Lipinski definition) is 0. The standard InChI is InChI=1S/C21H23F3INO2/c1-27-19-12-16(13-26-9-7-17(8-10-26)21(22,23)24)11-18(25)20(19)28-14-15-5-3-2-4-6-15/h2-6,11-12,17H,7-10,13-14H2,1H3. The van der Waals surface area contributed by atoms with Crippen molar-refractivity contribution in [3.05, 3.63) is 57.2 Å². The molecule has 1 aliphatic heterocycles. The van der Waals surface area contributed by atoms with Crippen molar-refractivity contribution in [1.29, 1.82) is 0 Å². The molecule has 0 aromatic heterocycles. The first-order valence-electron chi connectivity index (χ1n) is 9.19. The Kier molecular flexibility index (Phi) is 7.09. The SMILES string of the molecule is COc1cc(CN2CCC(C(F)(F)F)CC2)cc(I)c1OCc1ccccc1. The Balaban J connectivity index is 1.64. The Morgan fingerprint density at radius 1 is 1.07 bits per heavy atom. The third-order valence-electron chi connectivity index (χ3n) is 4.97. The molecule has 1 saturated heterocycles. The summed E-state index contributed by atoms with van der Waals surface area (Å²) in [4.78, 5) is 2.07. The van der Waals surface area contributed by atoms with Gasteiger partial charge in [-0.15, -0.1) is 0 Å². The number of benzene rings is 2. The highest BCUT2D eigenvalue weighted by Gasteiger charge is 2.40. The van der Waals surface area contributed by atoms with Gasteiger partial charge in [0.15, 0.2) is 11.5 Å². The molecule has 2 aromatic carbocycles. The Morgan fingerprint density at radius 3 is 2.36 bits per heavy atom. The summed E-state index contributed by atoms with van der Waals surface area (Å²) in [6.07, 6.45) is -3.76. The number of nitrogens with zero attached hydrogens (tertiary/aromatic N) is 1. The molecule has 0 saturated carbocycles. The Hall–Kier alpha value is -1.48. The van der Waals surface area contributed by atoms with Crippen molar-refractivity contribution in [3.8, 4) is 11.5 Å². The van der Waals surface area contributed by atoms with E-state index in [4.69, 9.17) is 9.47 Å². The summed E-state index contributed by atoms with van der Waals surface area (Å²) in [5.74, 6) is 0.154. The maximum absolute atomic E-state index is 12.8. The van der Waals surface area contributed by atoms with Crippen molar-refractivity contribution in [3.63, 3.8) is 0 Å². The first-order valence-corrected chi connectivity index (χ1v) is 10.3. The molecule has 0 N–H and O–H groups in total. The average molecular weight is 505 g/mol. The van der Waals surface area contributed by atoms with E-state index in [2.05, 4.69) is 27.5 Å². The van der Waals surface area contributed by atoms with Gasteiger partial charge in [-0.1, -0.05) is 30.3 Å². The van der Waals surface area contributed by atoms with Crippen molar-refractivity contribution < 1.29 is 22.6 Å². The minimum Gasteiger partial charge on any atom is -0.493 e. The summed E-state index contributed by atoms with van der Waals surface area (Å²) in [6, 6.07) is 13.8. The van der Waals surface area contributed by atoms with Gasteiger partial charge in [0.05, 0.1) is 16.6 Å². The molecule has 1 fully saturated rings. The Morgan fingerprint density at radius 2 is 1.75 bits per heavy atom.